The maximum Gasteiger partial charge on any atom is 0.243 e. The van der Waals surface area contributed by atoms with E-state index >= 15 is 4.39 Å². The molecule has 1 aromatic heterocycles. The number of rotatable bonds is 2. The number of hydrogen-bond acceptors (Lipinski definition) is 7. The van der Waals surface area contributed by atoms with Crippen molar-refractivity contribution in [2.45, 2.75) is 37.1 Å². The van der Waals surface area contributed by atoms with Crippen molar-refractivity contribution in [3.05, 3.63) is 18.6 Å². The Bertz CT molecular complexity index is 797. The maximum absolute atomic E-state index is 15.5. The molecule has 2 unspecified atom stereocenters. The Balaban J connectivity index is 2.11. The number of hydrogen-bond donors (Lipinski definition) is 4. The number of aromatic nitrogens is 2. The SMILES string of the molecule is C=C1NC(N)=Nc2c1ncn2[C@@H]1OC([C@@H](C)O)C(O)[C@]1(F)C#CCF. The maximum atomic E-state index is 15.5. The smallest absolute Gasteiger partial charge is 0.243 e. The predicted molar refractivity (Wildman–Crippen MR) is 84.9 cm³/mol. The molecular weight excluding hydrogens is 336 g/mol. The molecule has 0 amide bonds. The Morgan fingerprint density at radius 2 is 2.36 bits per heavy atom. The molecule has 5 atom stereocenters. The fraction of sp³-hybridized carbons (Fsp3) is 0.467. The molecule has 3 rings (SSSR count). The van der Waals surface area contributed by atoms with Crippen molar-refractivity contribution in [3.63, 3.8) is 0 Å². The second-order valence-corrected chi connectivity index (χ2v) is 5.77. The van der Waals surface area contributed by atoms with Gasteiger partial charge in [0.2, 0.25) is 5.67 Å². The fourth-order valence-electron chi connectivity index (χ4n) is 2.86. The van der Waals surface area contributed by atoms with Crippen LogP contribution in [0, 0.1) is 11.8 Å². The summed E-state index contributed by atoms with van der Waals surface area (Å²) in [4.78, 5) is 8.13. The number of nitrogens with two attached hydrogens (primary N) is 1. The summed E-state index contributed by atoms with van der Waals surface area (Å²) >= 11 is 0. The van der Waals surface area contributed by atoms with Gasteiger partial charge in [-0.15, -0.1) is 0 Å². The number of aliphatic hydroxyl groups excluding tert-OH is 2. The summed E-state index contributed by atoms with van der Waals surface area (Å²) in [5.41, 5.74) is 3.64. The van der Waals surface area contributed by atoms with Gasteiger partial charge in [-0.2, -0.15) is 4.99 Å². The lowest BCUT2D eigenvalue weighted by Crippen LogP contribution is -2.44. The summed E-state index contributed by atoms with van der Waals surface area (Å²) in [6, 6.07) is 0. The van der Waals surface area contributed by atoms with Crippen LogP contribution in [0.5, 0.6) is 0 Å². The van der Waals surface area contributed by atoms with E-state index in [0.29, 0.717) is 11.4 Å². The number of ether oxygens (including phenoxy) is 1. The zero-order valence-electron chi connectivity index (χ0n) is 13.3. The van der Waals surface area contributed by atoms with E-state index in [1.165, 1.54) is 17.8 Å². The molecule has 10 heteroatoms. The Labute approximate surface area is 142 Å². The molecule has 0 saturated carbocycles. The van der Waals surface area contributed by atoms with E-state index < -0.39 is 36.9 Å². The van der Waals surface area contributed by atoms with Gasteiger partial charge in [0, 0.05) is 0 Å². The van der Waals surface area contributed by atoms with Gasteiger partial charge in [0.25, 0.3) is 0 Å². The molecule has 0 aliphatic carbocycles. The van der Waals surface area contributed by atoms with Crippen molar-refractivity contribution in [2.75, 3.05) is 6.67 Å². The van der Waals surface area contributed by atoms with Crippen LogP contribution in [0.15, 0.2) is 17.9 Å². The van der Waals surface area contributed by atoms with Crippen LogP contribution in [-0.2, 0) is 4.74 Å². The van der Waals surface area contributed by atoms with Gasteiger partial charge in [-0.1, -0.05) is 18.4 Å². The Hall–Kier alpha value is -2.48. The van der Waals surface area contributed by atoms with Gasteiger partial charge >= 0.3 is 0 Å². The minimum absolute atomic E-state index is 0.0178. The first-order valence-electron chi connectivity index (χ1n) is 7.43. The highest BCUT2D eigenvalue weighted by atomic mass is 19.1. The fourth-order valence-corrected chi connectivity index (χ4v) is 2.86. The van der Waals surface area contributed by atoms with Gasteiger partial charge in [0.15, 0.2) is 18.0 Å². The van der Waals surface area contributed by atoms with Crippen molar-refractivity contribution in [2.24, 2.45) is 10.7 Å². The minimum Gasteiger partial charge on any atom is -0.391 e. The summed E-state index contributed by atoms with van der Waals surface area (Å²) in [7, 11) is 0. The number of fused-ring (bicyclic) bond motifs is 1. The monoisotopic (exact) mass is 353 g/mol. The average molecular weight is 353 g/mol. The lowest BCUT2D eigenvalue weighted by Gasteiger charge is -2.25. The summed E-state index contributed by atoms with van der Waals surface area (Å²) in [5.74, 6) is 4.20. The van der Waals surface area contributed by atoms with Crippen molar-refractivity contribution >= 4 is 17.5 Å². The lowest BCUT2D eigenvalue weighted by molar-refractivity contribution is -0.0782. The van der Waals surface area contributed by atoms with Crippen LogP contribution >= 0.6 is 0 Å². The number of aliphatic imine (C=N–C) groups is 1. The van der Waals surface area contributed by atoms with Crippen LogP contribution in [0.4, 0.5) is 14.6 Å². The lowest BCUT2D eigenvalue weighted by atomic mass is 9.94. The highest BCUT2D eigenvalue weighted by molar-refractivity contribution is 5.93. The molecule has 8 nitrogen and oxygen atoms in total. The molecule has 5 N–H and O–H groups in total. The molecule has 0 spiro atoms. The summed E-state index contributed by atoms with van der Waals surface area (Å²) in [6.45, 7) is 3.98. The van der Waals surface area contributed by atoms with E-state index in [9.17, 15) is 14.6 Å². The quantitative estimate of drug-likeness (QED) is 0.544. The molecule has 134 valence electrons. The molecule has 1 fully saturated rings. The molecule has 25 heavy (non-hydrogen) atoms. The van der Waals surface area contributed by atoms with Crippen LogP contribution < -0.4 is 11.1 Å². The number of nitrogens with zero attached hydrogens (tertiary/aromatic N) is 3. The second kappa shape index (κ2) is 6.11. The number of alkyl halides is 2. The van der Waals surface area contributed by atoms with Crippen molar-refractivity contribution in [1.29, 1.82) is 0 Å². The number of halogens is 2. The van der Waals surface area contributed by atoms with Gasteiger partial charge in [0.1, 0.15) is 24.6 Å². The van der Waals surface area contributed by atoms with Crippen LogP contribution in [0.1, 0.15) is 18.8 Å². The molecule has 0 radical (unpaired) electrons. The number of aliphatic hydroxyl groups is 2. The molecule has 2 aliphatic rings. The second-order valence-electron chi connectivity index (χ2n) is 5.77. The standard InChI is InChI=1S/C15H17F2N5O3/c1-7-9-12(21-14(18)20-7)22(6-19-9)13-15(17,4-3-5-16)11(24)10(25-13)8(2)23/h6,8,10-11,13,23-24H,1,5H2,2H3,(H3,18,20,21)/t8-,10?,11?,13-,15-/m1/s1. The molecule has 3 heterocycles. The average Bonchev–Trinajstić information content (AvgIpc) is 3.06. The van der Waals surface area contributed by atoms with Crippen LogP contribution in [0.2, 0.25) is 0 Å². The van der Waals surface area contributed by atoms with Crippen LogP contribution in [-0.4, -0.2) is 56.4 Å². The van der Waals surface area contributed by atoms with Crippen LogP contribution in [0.25, 0.3) is 5.70 Å². The highest BCUT2D eigenvalue weighted by Crippen LogP contribution is 2.45. The number of guanidine groups is 1. The third kappa shape index (κ3) is 2.66. The Kier molecular flexibility index (Phi) is 4.24. The summed E-state index contributed by atoms with van der Waals surface area (Å²) in [6.07, 6.45) is -4.55. The van der Waals surface area contributed by atoms with E-state index in [2.05, 4.69) is 27.8 Å². The van der Waals surface area contributed by atoms with Crippen molar-refractivity contribution in [1.82, 2.24) is 14.9 Å². The zero-order chi connectivity index (χ0) is 18.4. The molecule has 2 aliphatic heterocycles. The number of imidazole rings is 1. The molecule has 0 bridgehead atoms. The third-order valence-electron chi connectivity index (χ3n) is 4.02. The topological polar surface area (TPSA) is 118 Å². The Morgan fingerprint density at radius 3 is 3.00 bits per heavy atom. The van der Waals surface area contributed by atoms with E-state index in [-0.39, 0.29) is 11.8 Å². The Morgan fingerprint density at radius 1 is 1.64 bits per heavy atom. The van der Waals surface area contributed by atoms with Gasteiger partial charge in [0.05, 0.1) is 18.1 Å². The van der Waals surface area contributed by atoms with Gasteiger partial charge in [-0.05, 0) is 6.92 Å². The van der Waals surface area contributed by atoms with Crippen molar-refractivity contribution in [3.8, 4) is 11.8 Å². The predicted octanol–water partition coefficient (Wildman–Crippen LogP) is -0.276. The highest BCUT2D eigenvalue weighted by Gasteiger charge is 2.59. The molecular formula is C15H17F2N5O3. The normalized spacial score (nSPS) is 32.3. The largest absolute Gasteiger partial charge is 0.391 e. The van der Waals surface area contributed by atoms with Crippen molar-refractivity contribution < 1.29 is 23.7 Å². The van der Waals surface area contributed by atoms with E-state index in [0.717, 1.165) is 0 Å². The van der Waals surface area contributed by atoms with E-state index in [4.69, 9.17) is 10.5 Å². The summed E-state index contributed by atoms with van der Waals surface area (Å²) < 4.78 is 34.6. The van der Waals surface area contributed by atoms with Gasteiger partial charge < -0.3 is 26.0 Å². The van der Waals surface area contributed by atoms with Gasteiger partial charge in [-0.3, -0.25) is 4.57 Å². The van der Waals surface area contributed by atoms with Gasteiger partial charge in [-0.25, -0.2) is 13.8 Å². The first-order chi connectivity index (χ1) is 11.8. The third-order valence-corrected chi connectivity index (χ3v) is 4.02. The number of nitrogens with one attached hydrogen (secondary N) is 1. The first-order valence-corrected chi connectivity index (χ1v) is 7.43. The zero-order valence-corrected chi connectivity index (χ0v) is 13.3. The summed E-state index contributed by atoms with van der Waals surface area (Å²) in [5, 5.41) is 22.7. The van der Waals surface area contributed by atoms with Crippen LogP contribution in [0.3, 0.4) is 0 Å². The first kappa shape index (κ1) is 17.3. The van der Waals surface area contributed by atoms with E-state index in [1.54, 1.807) is 0 Å². The molecule has 1 saturated heterocycles. The molecule has 0 aromatic carbocycles. The van der Waals surface area contributed by atoms with E-state index in [1.807, 2.05) is 5.92 Å². The molecule has 1 aromatic rings. The minimum atomic E-state index is -2.68.